The molecule has 2 rings (SSSR count). The number of nitrogens with zero attached hydrogens (tertiary/aromatic N) is 2. The Labute approximate surface area is 320 Å². The van der Waals surface area contributed by atoms with E-state index < -0.39 is 0 Å². The molecule has 238 valence electrons. The molecule has 1 fully saturated rings. The van der Waals surface area contributed by atoms with Crippen LogP contribution in [0.25, 0.3) is 0 Å². The standard InChI is InChI=1S/C10H15N3O.S27/c1-7-3-9(14)4-10(12-7)8-5-11-13(2)6-8;1-3-5-7-9-11-13-15-17-19-21-23-25-27-26-24-22-20-18-16-14-12-10-8-6-4-2/h5-7,10,12H,3-4H2,1-2H3;. The summed E-state index contributed by atoms with van der Waals surface area (Å²) in [6.45, 7) is 2.04. The number of carbonyl (C=O) groups is 1. The first kappa shape index (κ1) is 43.8. The average molecular weight is 1060 g/mol. The summed E-state index contributed by atoms with van der Waals surface area (Å²) in [6, 6.07) is 0.432. The van der Waals surface area contributed by atoms with Crippen molar-refractivity contribution < 1.29 is 4.79 Å². The van der Waals surface area contributed by atoms with E-state index >= 15 is 0 Å². The fraction of sp³-hybridized carbons (Fsp3) is 0.600. The van der Waals surface area contributed by atoms with Crippen LogP contribution in [-0.4, -0.2) is 21.6 Å². The lowest BCUT2D eigenvalue weighted by Crippen LogP contribution is -2.38. The van der Waals surface area contributed by atoms with E-state index in [-0.39, 0.29) is 12.1 Å². The Morgan fingerprint density at radius 2 is 1.00 bits per heavy atom. The maximum atomic E-state index is 11.4. The molecule has 0 radical (unpaired) electrons. The lowest BCUT2D eigenvalue weighted by atomic mass is 9.95. The summed E-state index contributed by atoms with van der Waals surface area (Å²) in [6.07, 6.45) is 5.03. The summed E-state index contributed by atoms with van der Waals surface area (Å²) >= 11 is 9.56. The van der Waals surface area contributed by atoms with Crippen LogP contribution >= 0.6 is 0 Å². The van der Waals surface area contributed by atoms with E-state index in [2.05, 4.69) is 10.4 Å². The van der Waals surface area contributed by atoms with Crippen LogP contribution in [0.5, 0.6) is 0 Å². The first-order valence-corrected chi connectivity index (χ1v) is 43.9. The molecule has 0 bridgehead atoms. The molecule has 1 saturated heterocycles. The van der Waals surface area contributed by atoms with Crippen molar-refractivity contribution in [3.05, 3.63) is 18.0 Å². The van der Waals surface area contributed by atoms with Crippen LogP contribution in [0.15, 0.2) is 12.4 Å². The van der Waals surface area contributed by atoms with Crippen molar-refractivity contribution in [2.75, 3.05) is 0 Å². The Hall–Kier alpha value is 4.78. The zero-order valence-electron chi connectivity index (χ0n) is 19.5. The van der Waals surface area contributed by atoms with Crippen molar-refractivity contribution in [2.45, 2.75) is 31.8 Å². The molecule has 0 spiro atoms. The number of rotatable bonds is 1. The topological polar surface area (TPSA) is 46.9 Å². The van der Waals surface area contributed by atoms with Gasteiger partial charge in [-0.2, -0.15) is 5.10 Å². The maximum Gasteiger partial charge on any atom is 0.136 e. The summed E-state index contributed by atoms with van der Waals surface area (Å²) in [4.78, 5) is 11.4. The molecule has 0 saturated carbocycles. The quantitative estimate of drug-likeness (QED) is 0.451. The number of carbonyl (C=O) groups excluding carboxylic acids is 1. The van der Waals surface area contributed by atoms with Crippen LogP contribution in [0, 0.1) is 0 Å². The van der Waals surface area contributed by atoms with E-state index in [1.165, 1.54) is 17.8 Å². The molecule has 0 aliphatic carbocycles. The number of ketones is 1. The third-order valence-electron chi connectivity index (χ3n) is 3.25. The average Bonchev–Trinajstić information content (AvgIpc) is 3.40. The van der Waals surface area contributed by atoms with E-state index in [9.17, 15) is 4.79 Å². The summed E-state index contributed by atoms with van der Waals surface area (Å²) in [7, 11) is 45.5. The molecule has 2 unspecified atom stereocenters. The minimum absolute atomic E-state index is 0.153. The first-order chi connectivity index (χ1) is 20.1. The molecule has 41 heavy (non-hydrogen) atoms. The molecule has 31 heteroatoms. The molecule has 1 aromatic rings. The van der Waals surface area contributed by atoms with Crippen LogP contribution in [0.1, 0.15) is 31.4 Å². The minimum atomic E-state index is 0.153. The normalized spacial score (nSPS) is 14.5. The molecule has 1 aliphatic heterocycles. The molecule has 1 aliphatic rings. The predicted octanol–water partition coefficient (Wildman–Crippen LogP) is 0.737. The number of piperidine rings is 1. The third kappa shape index (κ3) is 28.3. The maximum absolute atomic E-state index is 11.4. The fourth-order valence-electron chi connectivity index (χ4n) is 2.21. The van der Waals surface area contributed by atoms with Crippen molar-refractivity contribution in [3.63, 3.8) is 0 Å². The van der Waals surface area contributed by atoms with Crippen LogP contribution in [-0.2, 0) is 256 Å². The second-order valence-corrected chi connectivity index (χ2v) is 49.9. The second kappa shape index (κ2) is 33.3. The molecule has 0 aromatic carbocycles. The molecule has 1 N–H and O–H groups in total. The zero-order chi connectivity index (χ0) is 29.8. The van der Waals surface area contributed by atoms with Gasteiger partial charge >= 0.3 is 0 Å². The summed E-state index contributed by atoms with van der Waals surface area (Å²) < 4.78 is 1.76. The molecule has 2 heterocycles. The van der Waals surface area contributed by atoms with E-state index in [0.29, 0.717) is 18.6 Å². The van der Waals surface area contributed by atoms with Gasteiger partial charge in [-0.25, -0.2) is 0 Å². The molecule has 4 nitrogen and oxygen atoms in total. The highest BCUT2D eigenvalue weighted by Crippen LogP contribution is 2.22. The summed E-state index contributed by atoms with van der Waals surface area (Å²) in [5.74, 6) is 0.338. The van der Waals surface area contributed by atoms with Gasteiger partial charge in [-0.15, -0.1) is 0 Å². The Morgan fingerprint density at radius 1 is 0.659 bits per heavy atom. The van der Waals surface area contributed by atoms with Gasteiger partial charge in [0.2, 0.25) is 0 Å². The number of hydrogen-bond acceptors (Lipinski definition) is 5. The van der Waals surface area contributed by atoms with Gasteiger partial charge in [0, 0.05) is 288 Å². The molecule has 2 atom stereocenters. The van der Waals surface area contributed by atoms with E-state index in [1.807, 2.05) is 106 Å². The summed E-state index contributed by atoms with van der Waals surface area (Å²) in [5.41, 5.74) is 1.10. The number of aromatic nitrogens is 2. The van der Waals surface area contributed by atoms with Crippen molar-refractivity contribution in [2.24, 2.45) is 7.05 Å². The Balaban J connectivity index is 0.000000495. The van der Waals surface area contributed by atoms with Crippen molar-refractivity contribution in [1.82, 2.24) is 15.1 Å². The lowest BCUT2D eigenvalue weighted by Gasteiger charge is -2.27. The van der Waals surface area contributed by atoms with Gasteiger partial charge in [0.15, 0.2) is 0 Å². The van der Waals surface area contributed by atoms with E-state index in [4.69, 9.17) is 22.4 Å². The van der Waals surface area contributed by atoms with E-state index in [0.717, 1.165) is 5.56 Å². The van der Waals surface area contributed by atoms with E-state index in [1.54, 1.807) is 129 Å². The van der Waals surface area contributed by atoms with Crippen LogP contribution < -0.4 is 5.32 Å². The van der Waals surface area contributed by atoms with Gasteiger partial charge < -0.3 is 5.32 Å². The zero-order valence-corrected chi connectivity index (χ0v) is 41.6. The second-order valence-electron chi connectivity index (χ2n) is 5.72. The van der Waals surface area contributed by atoms with Crippen LogP contribution in [0.2, 0.25) is 0 Å². The lowest BCUT2D eigenvalue weighted by molar-refractivity contribution is -0.121. The van der Waals surface area contributed by atoms with Gasteiger partial charge in [0.25, 0.3) is 0 Å². The SMILES string of the molecule is CC1CC(=O)CC(c2cnn(C)c2)N1.S=S=S=S=S=S=S=S=S=S=S=S=S=S=S=S=S=S=S=S=S=S=S=S=S=S=S. The Bertz CT molecular complexity index is 2060. The monoisotopic (exact) mass is 1060 g/mol. The van der Waals surface area contributed by atoms with Gasteiger partial charge in [-0.3, -0.25) is 9.48 Å². The van der Waals surface area contributed by atoms with Gasteiger partial charge in [0.1, 0.15) is 5.78 Å². The van der Waals surface area contributed by atoms with Crippen molar-refractivity contribution in [3.8, 4) is 0 Å². The third-order valence-corrected chi connectivity index (χ3v) is 56.6. The minimum Gasteiger partial charge on any atom is -0.306 e. The molecular weight excluding hydrogens is 1040 g/mol. The highest BCUT2D eigenvalue weighted by atomic mass is 33.5. The number of aryl methyl sites for hydroxylation is 1. The van der Waals surface area contributed by atoms with Crippen molar-refractivity contribution >= 4 is 250 Å². The number of nitrogens with one attached hydrogen (secondary N) is 1. The highest BCUT2D eigenvalue weighted by molar-refractivity contribution is 8.79. The predicted molar refractivity (Wildman–Crippen MR) is 252 cm³/mol. The van der Waals surface area contributed by atoms with Gasteiger partial charge in [-0.1, -0.05) is 0 Å². The van der Waals surface area contributed by atoms with Crippen LogP contribution in [0.4, 0.5) is 0 Å². The van der Waals surface area contributed by atoms with Crippen LogP contribution in [0.3, 0.4) is 0 Å². The molecule has 0 amide bonds. The van der Waals surface area contributed by atoms with Gasteiger partial charge in [0.05, 0.1) is 6.20 Å². The van der Waals surface area contributed by atoms with Crippen molar-refractivity contribution in [1.29, 1.82) is 0 Å². The molecular formula is C10H15N3OS27. The first-order valence-electron chi connectivity index (χ1n) is 9.25. The molecule has 1 aromatic heterocycles. The highest BCUT2D eigenvalue weighted by Gasteiger charge is 2.25. The number of Topliss-reactive ketones (excluding diaryl/α,β-unsaturated/α-hetero) is 1. The number of hydrogen-bond donors (Lipinski definition) is 1. The van der Waals surface area contributed by atoms with Gasteiger partial charge in [-0.05, 0) is 6.92 Å². The fourth-order valence-corrected chi connectivity index (χ4v) is 65.3. The summed E-state index contributed by atoms with van der Waals surface area (Å²) in [5, 5.41) is 7.51. The Morgan fingerprint density at radius 3 is 1.27 bits per heavy atom. The Kier molecular flexibility index (Phi) is 35.6. The largest absolute Gasteiger partial charge is 0.306 e. The smallest absolute Gasteiger partial charge is 0.136 e.